The Bertz CT molecular complexity index is 581. The number of hydrogen-bond donors (Lipinski definition) is 1. The van der Waals surface area contributed by atoms with Gasteiger partial charge < -0.3 is 10.6 Å². The average Bonchev–Trinajstić information content (AvgIpc) is 2.44. The van der Waals surface area contributed by atoms with Gasteiger partial charge in [0.2, 0.25) is 0 Å². The van der Waals surface area contributed by atoms with Crippen molar-refractivity contribution < 1.29 is 4.79 Å². The molecule has 0 unspecified atom stereocenters. The van der Waals surface area contributed by atoms with Crippen LogP contribution in [0.3, 0.4) is 0 Å². The van der Waals surface area contributed by atoms with Gasteiger partial charge in [0.1, 0.15) is 0 Å². The molecule has 0 atom stereocenters. The van der Waals surface area contributed by atoms with Gasteiger partial charge >= 0.3 is 0 Å². The van der Waals surface area contributed by atoms with E-state index in [0.29, 0.717) is 17.8 Å². The Morgan fingerprint density at radius 2 is 1.95 bits per heavy atom. The largest absolute Gasteiger partial charge is 0.398 e. The van der Waals surface area contributed by atoms with Crippen molar-refractivity contribution in [2.75, 3.05) is 17.2 Å². The fourth-order valence-electron chi connectivity index (χ4n) is 2.00. The number of hydrogen-bond acceptors (Lipinski definition) is 3. The van der Waals surface area contributed by atoms with E-state index in [0.717, 1.165) is 11.3 Å². The minimum atomic E-state index is -0.0431. The Labute approximate surface area is 112 Å². The van der Waals surface area contributed by atoms with Crippen LogP contribution in [0.15, 0.2) is 42.7 Å². The summed E-state index contributed by atoms with van der Waals surface area (Å²) in [7, 11) is 0. The lowest BCUT2D eigenvalue weighted by Crippen LogP contribution is -2.31. The molecule has 1 aromatic heterocycles. The van der Waals surface area contributed by atoms with Crippen LogP contribution in [0.25, 0.3) is 0 Å². The molecule has 0 saturated heterocycles. The number of aromatic nitrogens is 1. The maximum absolute atomic E-state index is 12.6. The number of nitrogens with zero attached hydrogens (tertiary/aromatic N) is 2. The zero-order valence-electron chi connectivity index (χ0n) is 11.1. The number of nitrogens with two attached hydrogens (primary N) is 1. The molecule has 0 radical (unpaired) electrons. The molecule has 0 fully saturated rings. The highest BCUT2D eigenvalue weighted by molar-refractivity contribution is 6.07. The Kier molecular flexibility index (Phi) is 3.80. The lowest BCUT2D eigenvalue weighted by atomic mass is 10.1. The number of pyridine rings is 1. The van der Waals surface area contributed by atoms with Crippen molar-refractivity contribution in [3.63, 3.8) is 0 Å². The zero-order chi connectivity index (χ0) is 13.8. The minimum Gasteiger partial charge on any atom is -0.398 e. The van der Waals surface area contributed by atoms with Gasteiger partial charge in [0.25, 0.3) is 5.91 Å². The SMILES string of the molecule is CCN(C(=O)c1cccc(N)c1C)c1ccncc1. The molecule has 98 valence electrons. The Morgan fingerprint density at radius 3 is 2.58 bits per heavy atom. The summed E-state index contributed by atoms with van der Waals surface area (Å²) >= 11 is 0. The third kappa shape index (κ3) is 2.57. The van der Waals surface area contributed by atoms with Crippen LogP contribution in [-0.2, 0) is 0 Å². The zero-order valence-corrected chi connectivity index (χ0v) is 11.1. The van der Waals surface area contributed by atoms with E-state index in [1.54, 1.807) is 35.5 Å². The summed E-state index contributed by atoms with van der Waals surface area (Å²) in [5.41, 5.74) is 8.79. The number of carbonyl (C=O) groups excluding carboxylic acids is 1. The van der Waals surface area contributed by atoms with E-state index in [9.17, 15) is 4.79 Å². The molecule has 2 rings (SSSR count). The quantitative estimate of drug-likeness (QED) is 0.858. The maximum Gasteiger partial charge on any atom is 0.258 e. The lowest BCUT2D eigenvalue weighted by molar-refractivity contribution is 0.0988. The molecule has 0 saturated carbocycles. The summed E-state index contributed by atoms with van der Waals surface area (Å²) in [5.74, 6) is -0.0431. The Balaban J connectivity index is 2.39. The van der Waals surface area contributed by atoms with Crippen LogP contribution in [0.4, 0.5) is 11.4 Å². The van der Waals surface area contributed by atoms with Crippen LogP contribution in [0.2, 0.25) is 0 Å². The first kappa shape index (κ1) is 13.1. The summed E-state index contributed by atoms with van der Waals surface area (Å²) in [4.78, 5) is 18.3. The molecule has 0 aliphatic heterocycles. The van der Waals surface area contributed by atoms with E-state index in [-0.39, 0.29) is 5.91 Å². The molecule has 1 aromatic carbocycles. The molecule has 4 nitrogen and oxygen atoms in total. The van der Waals surface area contributed by atoms with Gasteiger partial charge in [-0.3, -0.25) is 9.78 Å². The number of anilines is 2. The number of amides is 1. The first-order chi connectivity index (χ1) is 9.15. The first-order valence-corrected chi connectivity index (χ1v) is 6.22. The van der Waals surface area contributed by atoms with Gasteiger partial charge in [-0.15, -0.1) is 0 Å². The van der Waals surface area contributed by atoms with Gasteiger partial charge in [0.15, 0.2) is 0 Å². The minimum absolute atomic E-state index is 0.0431. The number of benzene rings is 1. The van der Waals surface area contributed by atoms with E-state index in [4.69, 9.17) is 5.73 Å². The van der Waals surface area contributed by atoms with Crippen LogP contribution < -0.4 is 10.6 Å². The number of rotatable bonds is 3. The summed E-state index contributed by atoms with van der Waals surface area (Å²) in [6, 6.07) is 9.05. The molecule has 0 aliphatic rings. The topological polar surface area (TPSA) is 59.2 Å². The van der Waals surface area contributed by atoms with Gasteiger partial charge in [-0.25, -0.2) is 0 Å². The Hall–Kier alpha value is -2.36. The number of carbonyl (C=O) groups is 1. The van der Waals surface area contributed by atoms with E-state index >= 15 is 0 Å². The van der Waals surface area contributed by atoms with E-state index in [2.05, 4.69) is 4.98 Å². The molecule has 0 bridgehead atoms. The molecule has 1 heterocycles. The van der Waals surface area contributed by atoms with Crippen molar-refractivity contribution in [3.8, 4) is 0 Å². The van der Waals surface area contributed by atoms with Crippen molar-refractivity contribution in [1.29, 1.82) is 0 Å². The summed E-state index contributed by atoms with van der Waals surface area (Å²) < 4.78 is 0. The summed E-state index contributed by atoms with van der Waals surface area (Å²) in [5, 5.41) is 0. The standard InChI is InChI=1S/C15H17N3O/c1-3-18(12-7-9-17-10-8-12)15(19)13-5-4-6-14(16)11(13)2/h4-10H,3,16H2,1-2H3. The highest BCUT2D eigenvalue weighted by atomic mass is 16.2. The third-order valence-electron chi connectivity index (χ3n) is 3.14. The fourth-order valence-corrected chi connectivity index (χ4v) is 2.00. The molecule has 1 amide bonds. The smallest absolute Gasteiger partial charge is 0.258 e. The van der Waals surface area contributed by atoms with Crippen LogP contribution >= 0.6 is 0 Å². The van der Waals surface area contributed by atoms with Crippen molar-refractivity contribution in [2.24, 2.45) is 0 Å². The second-order valence-corrected chi connectivity index (χ2v) is 4.27. The van der Waals surface area contributed by atoms with Crippen molar-refractivity contribution in [1.82, 2.24) is 4.98 Å². The van der Waals surface area contributed by atoms with Gasteiger partial charge in [0, 0.05) is 35.9 Å². The molecule has 2 aromatic rings. The maximum atomic E-state index is 12.6. The fraction of sp³-hybridized carbons (Fsp3) is 0.200. The lowest BCUT2D eigenvalue weighted by Gasteiger charge is -2.22. The predicted molar refractivity (Wildman–Crippen MR) is 77.2 cm³/mol. The summed E-state index contributed by atoms with van der Waals surface area (Å²) in [6.45, 7) is 4.40. The summed E-state index contributed by atoms with van der Waals surface area (Å²) in [6.07, 6.45) is 3.36. The van der Waals surface area contributed by atoms with Crippen LogP contribution in [0, 0.1) is 6.92 Å². The second-order valence-electron chi connectivity index (χ2n) is 4.27. The Morgan fingerprint density at radius 1 is 1.26 bits per heavy atom. The molecule has 19 heavy (non-hydrogen) atoms. The molecular weight excluding hydrogens is 238 g/mol. The van der Waals surface area contributed by atoms with Crippen LogP contribution in [-0.4, -0.2) is 17.4 Å². The molecule has 0 spiro atoms. The van der Waals surface area contributed by atoms with E-state index in [1.165, 1.54) is 0 Å². The highest BCUT2D eigenvalue weighted by Crippen LogP contribution is 2.21. The van der Waals surface area contributed by atoms with Crippen molar-refractivity contribution in [2.45, 2.75) is 13.8 Å². The van der Waals surface area contributed by atoms with Gasteiger partial charge in [0.05, 0.1) is 0 Å². The highest BCUT2D eigenvalue weighted by Gasteiger charge is 2.18. The average molecular weight is 255 g/mol. The van der Waals surface area contributed by atoms with Crippen LogP contribution in [0.1, 0.15) is 22.8 Å². The molecular formula is C15H17N3O. The van der Waals surface area contributed by atoms with Crippen LogP contribution in [0.5, 0.6) is 0 Å². The third-order valence-corrected chi connectivity index (χ3v) is 3.14. The van der Waals surface area contributed by atoms with Gasteiger partial charge in [-0.1, -0.05) is 6.07 Å². The molecule has 4 heteroatoms. The first-order valence-electron chi connectivity index (χ1n) is 6.22. The molecule has 0 aliphatic carbocycles. The van der Waals surface area contributed by atoms with Crippen molar-refractivity contribution >= 4 is 17.3 Å². The van der Waals surface area contributed by atoms with Gasteiger partial charge in [-0.05, 0) is 43.7 Å². The normalized spacial score (nSPS) is 10.2. The van der Waals surface area contributed by atoms with Gasteiger partial charge in [-0.2, -0.15) is 0 Å². The monoisotopic (exact) mass is 255 g/mol. The second kappa shape index (κ2) is 5.52. The molecule has 2 N–H and O–H groups in total. The number of nitrogen functional groups attached to an aromatic ring is 1. The van der Waals surface area contributed by atoms with E-state index in [1.807, 2.05) is 26.0 Å². The van der Waals surface area contributed by atoms with Crippen molar-refractivity contribution in [3.05, 3.63) is 53.9 Å². The van der Waals surface area contributed by atoms with E-state index < -0.39 is 0 Å². The predicted octanol–water partition coefficient (Wildman–Crippen LogP) is 2.64.